The molecular weight excluding hydrogens is 170 g/mol. The summed E-state index contributed by atoms with van der Waals surface area (Å²) in [6, 6.07) is 11.0. The van der Waals surface area contributed by atoms with Crippen molar-refractivity contribution in [1.82, 2.24) is 5.32 Å². The lowest BCUT2D eigenvalue weighted by atomic mass is 10.1. The van der Waals surface area contributed by atoms with Crippen molar-refractivity contribution >= 4 is 0 Å². The summed E-state index contributed by atoms with van der Waals surface area (Å²) >= 11 is 0. The number of nitrogens with one attached hydrogen (secondary N) is 1. The number of rotatable bonds is 5. The third-order valence-corrected chi connectivity index (χ3v) is 2.05. The minimum atomic E-state index is 0.485. The van der Waals surface area contributed by atoms with Crippen LogP contribution in [0.5, 0.6) is 0 Å². The minimum absolute atomic E-state index is 0.485. The van der Waals surface area contributed by atoms with Crippen molar-refractivity contribution in [2.75, 3.05) is 0 Å². The van der Waals surface area contributed by atoms with Gasteiger partial charge in [-0.25, -0.2) is 0 Å². The number of hydrogen-bond donors (Lipinski definition) is 1. The van der Waals surface area contributed by atoms with Crippen LogP contribution >= 0.6 is 0 Å². The summed E-state index contributed by atoms with van der Waals surface area (Å²) in [7, 11) is 0. The van der Waals surface area contributed by atoms with Crippen molar-refractivity contribution in [3.63, 3.8) is 0 Å². The van der Waals surface area contributed by atoms with Gasteiger partial charge in [0.2, 0.25) is 0 Å². The molecule has 14 heavy (non-hydrogen) atoms. The number of hydrogen-bond acceptors (Lipinski definition) is 1. The van der Waals surface area contributed by atoms with Crippen molar-refractivity contribution in [3.8, 4) is 0 Å². The van der Waals surface area contributed by atoms with Gasteiger partial charge in [-0.15, -0.1) is 0 Å². The van der Waals surface area contributed by atoms with E-state index in [4.69, 9.17) is 0 Å². The first-order chi connectivity index (χ1) is 6.68. The van der Waals surface area contributed by atoms with E-state index in [0.717, 1.165) is 18.5 Å². The number of allylic oxidation sites excluding steroid dienone is 1. The molecule has 1 heteroatoms. The highest BCUT2D eigenvalue weighted by atomic mass is 14.9. The minimum Gasteiger partial charge on any atom is -0.387 e. The molecule has 0 spiro atoms. The van der Waals surface area contributed by atoms with Crippen LogP contribution in [-0.4, -0.2) is 6.04 Å². The van der Waals surface area contributed by atoms with Crippen LogP contribution in [0.4, 0.5) is 0 Å². The van der Waals surface area contributed by atoms with Gasteiger partial charge >= 0.3 is 0 Å². The average Bonchev–Trinajstić information content (AvgIpc) is 2.15. The lowest BCUT2D eigenvalue weighted by Crippen LogP contribution is -2.21. The van der Waals surface area contributed by atoms with Gasteiger partial charge in [-0.05, 0) is 32.3 Å². The summed E-state index contributed by atoms with van der Waals surface area (Å²) in [5.41, 5.74) is 2.50. The second-order valence-corrected chi connectivity index (χ2v) is 3.89. The van der Waals surface area contributed by atoms with E-state index in [0.29, 0.717) is 6.04 Å². The van der Waals surface area contributed by atoms with Crippen molar-refractivity contribution in [2.24, 2.45) is 0 Å². The van der Waals surface area contributed by atoms with Crippen LogP contribution in [0.2, 0.25) is 0 Å². The molecule has 0 saturated heterocycles. The van der Waals surface area contributed by atoms with Gasteiger partial charge in [-0.2, -0.15) is 0 Å². The summed E-state index contributed by atoms with van der Waals surface area (Å²) in [6.45, 7) is 8.26. The molecule has 1 rings (SSSR count). The maximum Gasteiger partial charge on any atom is 0.0201 e. The van der Waals surface area contributed by atoms with Crippen molar-refractivity contribution in [3.05, 3.63) is 48.2 Å². The zero-order chi connectivity index (χ0) is 10.4. The van der Waals surface area contributed by atoms with Crippen molar-refractivity contribution < 1.29 is 0 Å². The van der Waals surface area contributed by atoms with E-state index in [1.54, 1.807) is 0 Å². The Labute approximate surface area is 86.8 Å². The fraction of sp³-hybridized carbons (Fsp3) is 0.385. The second kappa shape index (κ2) is 5.48. The molecule has 0 aromatic heterocycles. The van der Waals surface area contributed by atoms with Gasteiger partial charge in [0.15, 0.2) is 0 Å². The molecule has 0 aliphatic carbocycles. The fourth-order valence-electron chi connectivity index (χ4n) is 1.42. The van der Waals surface area contributed by atoms with E-state index in [1.165, 1.54) is 5.56 Å². The molecule has 0 unspecified atom stereocenters. The smallest absolute Gasteiger partial charge is 0.0201 e. The van der Waals surface area contributed by atoms with Gasteiger partial charge in [0.1, 0.15) is 0 Å². The summed E-state index contributed by atoms with van der Waals surface area (Å²) < 4.78 is 0. The normalized spacial score (nSPS) is 10.2. The van der Waals surface area contributed by atoms with Gasteiger partial charge in [-0.1, -0.05) is 36.9 Å². The molecule has 0 saturated carbocycles. The molecule has 76 valence electrons. The highest BCUT2D eigenvalue weighted by Gasteiger charge is 1.97. The topological polar surface area (TPSA) is 12.0 Å². The molecule has 1 aromatic rings. The zero-order valence-electron chi connectivity index (χ0n) is 9.09. The van der Waals surface area contributed by atoms with E-state index in [-0.39, 0.29) is 0 Å². The van der Waals surface area contributed by atoms with Gasteiger partial charge in [0, 0.05) is 11.7 Å². The lowest BCUT2D eigenvalue weighted by Gasteiger charge is -2.12. The van der Waals surface area contributed by atoms with E-state index < -0.39 is 0 Å². The molecule has 0 bridgehead atoms. The number of benzene rings is 1. The quantitative estimate of drug-likeness (QED) is 0.750. The van der Waals surface area contributed by atoms with E-state index in [1.807, 2.05) is 6.07 Å². The van der Waals surface area contributed by atoms with Gasteiger partial charge in [0.25, 0.3) is 0 Å². The van der Waals surface area contributed by atoms with Crippen LogP contribution in [0, 0.1) is 0 Å². The van der Waals surface area contributed by atoms with Crippen LogP contribution in [0.25, 0.3) is 0 Å². The van der Waals surface area contributed by atoms with E-state index in [9.17, 15) is 0 Å². The Hall–Kier alpha value is -1.24. The van der Waals surface area contributed by atoms with Crippen molar-refractivity contribution in [1.29, 1.82) is 0 Å². The first-order valence-corrected chi connectivity index (χ1v) is 5.16. The highest BCUT2D eigenvalue weighted by molar-refractivity contribution is 5.15. The summed E-state index contributed by atoms with van der Waals surface area (Å²) in [6.07, 6.45) is 2.08. The Bertz CT molecular complexity index is 275. The summed E-state index contributed by atoms with van der Waals surface area (Å²) in [5, 5.41) is 3.32. The maximum atomic E-state index is 4.00. The van der Waals surface area contributed by atoms with E-state index >= 15 is 0 Å². The molecule has 0 aliphatic rings. The van der Waals surface area contributed by atoms with Crippen LogP contribution in [-0.2, 0) is 6.42 Å². The molecule has 1 nitrogen and oxygen atoms in total. The van der Waals surface area contributed by atoms with Crippen LogP contribution in [0.1, 0.15) is 25.8 Å². The third kappa shape index (κ3) is 4.13. The standard InChI is InChI=1S/C13H19N/c1-11(2)14-12(3)9-10-13-7-5-4-6-8-13/h4-8,11,14H,3,9-10H2,1-2H3. The molecule has 0 radical (unpaired) electrons. The molecule has 0 fully saturated rings. The Balaban J connectivity index is 2.31. The van der Waals surface area contributed by atoms with Crippen molar-refractivity contribution in [2.45, 2.75) is 32.7 Å². The zero-order valence-corrected chi connectivity index (χ0v) is 9.09. The molecule has 1 N–H and O–H groups in total. The molecule has 0 amide bonds. The second-order valence-electron chi connectivity index (χ2n) is 3.89. The first kappa shape index (κ1) is 10.8. The lowest BCUT2D eigenvalue weighted by molar-refractivity contribution is 0.643. The fourth-order valence-corrected chi connectivity index (χ4v) is 1.42. The van der Waals surface area contributed by atoms with E-state index in [2.05, 4.69) is 50.0 Å². The van der Waals surface area contributed by atoms with Crippen LogP contribution < -0.4 is 5.32 Å². The Morgan fingerprint density at radius 3 is 2.50 bits per heavy atom. The van der Waals surface area contributed by atoms with Gasteiger partial charge < -0.3 is 5.32 Å². The Kier molecular flexibility index (Phi) is 4.24. The third-order valence-electron chi connectivity index (χ3n) is 2.05. The summed E-state index contributed by atoms with van der Waals surface area (Å²) in [4.78, 5) is 0. The largest absolute Gasteiger partial charge is 0.387 e. The van der Waals surface area contributed by atoms with Crippen LogP contribution in [0.15, 0.2) is 42.6 Å². The summed E-state index contributed by atoms with van der Waals surface area (Å²) in [5.74, 6) is 0. The monoisotopic (exact) mass is 189 g/mol. The average molecular weight is 189 g/mol. The predicted octanol–water partition coefficient (Wildman–Crippen LogP) is 3.13. The first-order valence-electron chi connectivity index (χ1n) is 5.16. The van der Waals surface area contributed by atoms with Crippen LogP contribution in [0.3, 0.4) is 0 Å². The molecular formula is C13H19N. The Morgan fingerprint density at radius 1 is 1.29 bits per heavy atom. The number of aryl methyl sites for hydroxylation is 1. The SMILES string of the molecule is C=C(CCc1ccccc1)NC(C)C. The highest BCUT2D eigenvalue weighted by Crippen LogP contribution is 2.06. The Morgan fingerprint density at radius 2 is 1.93 bits per heavy atom. The maximum absolute atomic E-state index is 4.00. The molecule has 0 aliphatic heterocycles. The molecule has 0 heterocycles. The molecule has 0 atom stereocenters. The van der Waals surface area contributed by atoms with Gasteiger partial charge in [0.05, 0.1) is 0 Å². The van der Waals surface area contributed by atoms with Gasteiger partial charge in [-0.3, -0.25) is 0 Å². The predicted molar refractivity (Wildman–Crippen MR) is 62.2 cm³/mol. The molecule has 1 aromatic carbocycles.